The molecule has 4 heteroatoms. The molecular formula is C24H54ClSi3-. The van der Waals surface area contributed by atoms with Gasteiger partial charge in [0.15, 0.2) is 0 Å². The SMILES string of the molecule is CC(C)(C)[Si]([Si-](Cl)[Si](C(C)(C)C)(C(C)(C)C)C(C)(C)C)(C(C)(C)C)C(C)(C)C. The number of hydrogen-bond donors (Lipinski definition) is 0. The summed E-state index contributed by atoms with van der Waals surface area (Å²) in [7, 11) is -5.26. The smallest absolute Gasteiger partial charge is 0.0604 e. The van der Waals surface area contributed by atoms with Gasteiger partial charge in [0.1, 0.15) is 0 Å². The fourth-order valence-corrected chi connectivity index (χ4v) is 81.2. The molecule has 0 aliphatic carbocycles. The topological polar surface area (TPSA) is 0 Å². The van der Waals surface area contributed by atoms with Crippen molar-refractivity contribution in [1.29, 1.82) is 0 Å². The van der Waals surface area contributed by atoms with Gasteiger partial charge in [-0.25, -0.2) is 0 Å². The van der Waals surface area contributed by atoms with Crippen molar-refractivity contribution in [3.8, 4) is 0 Å². The van der Waals surface area contributed by atoms with Gasteiger partial charge in [0.25, 0.3) is 0 Å². The highest BCUT2D eigenvalue weighted by Gasteiger charge is 2.65. The van der Waals surface area contributed by atoms with Crippen molar-refractivity contribution in [1.82, 2.24) is 0 Å². The molecule has 0 aromatic rings. The second-order valence-electron chi connectivity index (χ2n) is 15.3. The van der Waals surface area contributed by atoms with Crippen LogP contribution in [0.1, 0.15) is 125 Å². The maximum absolute atomic E-state index is 8.26. The van der Waals surface area contributed by atoms with Crippen LogP contribution in [0, 0.1) is 0 Å². The Bertz CT molecular complexity index is 415. The van der Waals surface area contributed by atoms with Crippen molar-refractivity contribution >= 4 is 33.4 Å². The van der Waals surface area contributed by atoms with Gasteiger partial charge >= 0.3 is 0 Å². The Hall–Kier alpha value is 0.941. The first-order valence-corrected chi connectivity index (χ1v) is 19.7. The fraction of sp³-hybridized carbons (Fsp3) is 1.00. The molecular weight excluding hydrogens is 408 g/mol. The number of rotatable bonds is 2. The zero-order valence-electron chi connectivity index (χ0n) is 22.9. The van der Waals surface area contributed by atoms with Gasteiger partial charge in [0.05, 0.1) is 0 Å². The van der Waals surface area contributed by atoms with Crippen LogP contribution in [-0.2, 0) is 0 Å². The Morgan fingerprint density at radius 3 is 0.536 bits per heavy atom. The minimum atomic E-state index is -2.04. The van der Waals surface area contributed by atoms with E-state index in [1.54, 1.807) is 0 Å². The second-order valence-corrected chi connectivity index (χ2v) is 40.0. The van der Waals surface area contributed by atoms with E-state index in [1.165, 1.54) is 0 Å². The van der Waals surface area contributed by atoms with Gasteiger partial charge in [-0.05, 0) is 0 Å². The number of hydrogen-bond acceptors (Lipinski definition) is 0. The average Bonchev–Trinajstić information content (AvgIpc) is 2.14. The minimum Gasteiger partial charge on any atom is -0.394 e. The predicted molar refractivity (Wildman–Crippen MR) is 141 cm³/mol. The van der Waals surface area contributed by atoms with Crippen LogP contribution in [0.4, 0.5) is 0 Å². The molecule has 0 nitrogen and oxygen atoms in total. The summed E-state index contributed by atoms with van der Waals surface area (Å²) < 4.78 is 0. The molecule has 0 fully saturated rings. The van der Waals surface area contributed by atoms with Gasteiger partial charge in [0, 0.05) is 0 Å². The van der Waals surface area contributed by atoms with Crippen molar-refractivity contribution in [2.24, 2.45) is 0 Å². The third-order valence-electron chi connectivity index (χ3n) is 7.41. The summed E-state index contributed by atoms with van der Waals surface area (Å²) >= 11 is 8.26. The van der Waals surface area contributed by atoms with Gasteiger partial charge in [-0.2, -0.15) is 0 Å². The van der Waals surface area contributed by atoms with Crippen LogP contribution in [0.25, 0.3) is 0 Å². The third-order valence-corrected chi connectivity index (χ3v) is 51.5. The fourth-order valence-electron chi connectivity index (χ4n) is 9.01. The van der Waals surface area contributed by atoms with Crippen LogP contribution >= 0.6 is 11.1 Å². The number of halogens is 1. The van der Waals surface area contributed by atoms with Crippen molar-refractivity contribution in [2.45, 2.75) is 155 Å². The third kappa shape index (κ3) is 4.05. The van der Waals surface area contributed by atoms with Gasteiger partial charge in [-0.1, -0.05) is 170 Å². The van der Waals surface area contributed by atoms with Gasteiger partial charge in [-0.3, -0.25) is 0 Å². The Labute approximate surface area is 187 Å². The highest BCUT2D eigenvalue weighted by molar-refractivity contribution is 7.77. The molecule has 0 bridgehead atoms. The second kappa shape index (κ2) is 7.52. The molecule has 0 N–H and O–H groups in total. The molecule has 0 atom stereocenters. The van der Waals surface area contributed by atoms with Crippen molar-refractivity contribution in [3.05, 3.63) is 0 Å². The van der Waals surface area contributed by atoms with E-state index in [4.69, 9.17) is 11.1 Å². The van der Waals surface area contributed by atoms with E-state index in [0.29, 0.717) is 0 Å². The summed E-state index contributed by atoms with van der Waals surface area (Å²) in [5.74, 6) is 0. The van der Waals surface area contributed by atoms with E-state index in [-0.39, 0.29) is 30.2 Å². The first-order valence-electron chi connectivity index (χ1n) is 11.2. The van der Waals surface area contributed by atoms with E-state index in [9.17, 15) is 0 Å². The molecule has 0 saturated carbocycles. The van der Waals surface area contributed by atoms with Crippen molar-refractivity contribution in [2.75, 3.05) is 0 Å². The molecule has 0 aliphatic heterocycles. The lowest BCUT2D eigenvalue weighted by molar-refractivity contribution is 0.544. The standard InChI is InChI=1S/C24H54ClSi3/c1-19(2,3)27(20(4,5)6,21(7,8)9)26(25)28(22(10,11)12,23(13,14)15)24(16,17)18/h1-18H3/q-1. The molecule has 0 unspecified atom stereocenters. The molecule has 28 heavy (non-hydrogen) atoms. The molecule has 0 amide bonds. The summed E-state index contributed by atoms with van der Waals surface area (Å²) in [5, 5.41) is 1.50. The Morgan fingerprint density at radius 1 is 0.357 bits per heavy atom. The molecule has 0 spiro atoms. The lowest BCUT2D eigenvalue weighted by atomic mass is 10.2. The summed E-state index contributed by atoms with van der Waals surface area (Å²) in [6.07, 6.45) is 0. The summed E-state index contributed by atoms with van der Waals surface area (Å²) in [6, 6.07) is 0. The molecule has 0 radical (unpaired) electrons. The lowest BCUT2D eigenvalue weighted by Crippen LogP contribution is -2.81. The van der Waals surface area contributed by atoms with E-state index in [0.717, 1.165) is 0 Å². The van der Waals surface area contributed by atoms with Crippen LogP contribution in [0.15, 0.2) is 0 Å². The van der Waals surface area contributed by atoms with Crippen LogP contribution in [-0.4, -0.2) is 22.3 Å². The molecule has 0 aromatic heterocycles. The molecule has 0 saturated heterocycles. The van der Waals surface area contributed by atoms with Crippen LogP contribution in [0.2, 0.25) is 30.2 Å². The molecule has 0 rings (SSSR count). The summed E-state index contributed by atoms with van der Waals surface area (Å²) in [5.41, 5.74) is 0. The van der Waals surface area contributed by atoms with Crippen LogP contribution in [0.5, 0.6) is 0 Å². The minimum absolute atomic E-state index is 0.250. The maximum atomic E-state index is 8.26. The zero-order valence-corrected chi connectivity index (χ0v) is 26.6. The van der Waals surface area contributed by atoms with E-state index in [2.05, 4.69) is 125 Å². The maximum Gasteiger partial charge on any atom is -0.0604 e. The van der Waals surface area contributed by atoms with Crippen molar-refractivity contribution in [3.63, 3.8) is 0 Å². The first-order chi connectivity index (χ1) is 11.7. The van der Waals surface area contributed by atoms with E-state index in [1.807, 2.05) is 0 Å². The van der Waals surface area contributed by atoms with E-state index >= 15 is 0 Å². The molecule has 0 heterocycles. The van der Waals surface area contributed by atoms with Gasteiger partial charge in [0.2, 0.25) is 0 Å². The summed E-state index contributed by atoms with van der Waals surface area (Å²) in [6.45, 7) is 45.4. The predicted octanol–water partition coefficient (Wildman–Crippen LogP) is 10.1. The molecule has 170 valence electrons. The quantitative estimate of drug-likeness (QED) is 0.283. The Morgan fingerprint density at radius 2 is 0.464 bits per heavy atom. The largest absolute Gasteiger partial charge is 0.394 e. The lowest BCUT2D eigenvalue weighted by Gasteiger charge is -2.79. The van der Waals surface area contributed by atoms with Gasteiger partial charge < -0.3 is 11.1 Å². The van der Waals surface area contributed by atoms with Crippen LogP contribution < -0.4 is 0 Å². The normalized spacial score (nSPS) is 16.7. The Balaban J connectivity index is 7.83. The monoisotopic (exact) mass is 461 g/mol. The highest BCUT2D eigenvalue weighted by Crippen LogP contribution is 2.71. The summed E-state index contributed by atoms with van der Waals surface area (Å²) in [4.78, 5) is 0. The average molecular weight is 462 g/mol. The van der Waals surface area contributed by atoms with E-state index < -0.39 is 22.3 Å². The van der Waals surface area contributed by atoms with Crippen LogP contribution in [0.3, 0.4) is 0 Å². The zero-order chi connectivity index (χ0) is 23.6. The molecule has 0 aliphatic rings. The van der Waals surface area contributed by atoms with Crippen molar-refractivity contribution < 1.29 is 0 Å². The Kier molecular flexibility index (Phi) is 7.77. The molecule has 0 aromatic carbocycles. The first kappa shape index (κ1) is 28.9. The van der Waals surface area contributed by atoms with Gasteiger partial charge in [-0.15, -0.1) is 7.14 Å². The highest BCUT2D eigenvalue weighted by atomic mass is 35.6.